The number of hydrogen-bond donors (Lipinski definition) is 2. The van der Waals surface area contributed by atoms with E-state index in [-0.39, 0.29) is 16.6 Å². The molecule has 1 saturated heterocycles. The number of nitrogens with one attached hydrogen (secondary N) is 2. The molecule has 0 radical (unpaired) electrons. The number of halogens is 2. The third-order valence-corrected chi connectivity index (χ3v) is 7.72. The minimum absolute atomic E-state index is 0.0207. The van der Waals surface area contributed by atoms with E-state index >= 15 is 0 Å². The predicted molar refractivity (Wildman–Crippen MR) is 148 cm³/mol. The molecule has 0 unspecified atom stereocenters. The van der Waals surface area contributed by atoms with Crippen LogP contribution in [0.25, 0.3) is 0 Å². The van der Waals surface area contributed by atoms with Gasteiger partial charge in [0.2, 0.25) is 0 Å². The summed E-state index contributed by atoms with van der Waals surface area (Å²) in [5, 5.41) is 3.19. The summed E-state index contributed by atoms with van der Waals surface area (Å²) in [6, 6.07) is 22.2. The van der Waals surface area contributed by atoms with E-state index in [1.165, 1.54) is 10.5 Å². The molecule has 0 saturated carbocycles. The normalized spacial score (nSPS) is 16.4. The number of rotatable bonds is 6. The molecule has 0 atom stereocenters. The van der Waals surface area contributed by atoms with E-state index in [0.29, 0.717) is 40.6 Å². The number of amides is 3. The van der Waals surface area contributed by atoms with E-state index in [0.717, 1.165) is 24.5 Å². The van der Waals surface area contributed by atoms with E-state index in [1.54, 1.807) is 49.4 Å². The zero-order valence-electron chi connectivity index (χ0n) is 20.8. The van der Waals surface area contributed by atoms with Crippen LogP contribution in [0, 0.1) is 6.92 Å². The number of quaternary nitrogens is 1. The number of hydrogen-bond acceptors (Lipinski definition) is 4. The van der Waals surface area contributed by atoms with Gasteiger partial charge in [-0.1, -0.05) is 59.6 Å². The first-order chi connectivity index (χ1) is 18.3. The molecule has 3 amide bonds. The fraction of sp³-hybridized carbons (Fsp3) is 0.207. The Hall–Kier alpha value is -3.65. The highest BCUT2D eigenvalue weighted by Crippen LogP contribution is 2.34. The van der Waals surface area contributed by atoms with Crippen LogP contribution in [0.5, 0.6) is 0 Å². The number of nitrogens with zero attached hydrogens (tertiary/aromatic N) is 2. The maximum absolute atomic E-state index is 13.1. The van der Waals surface area contributed by atoms with Crippen LogP contribution in [-0.4, -0.2) is 48.8 Å². The first kappa shape index (κ1) is 26.0. The van der Waals surface area contributed by atoms with Crippen LogP contribution in [0.4, 0.5) is 11.4 Å². The molecule has 3 aromatic rings. The van der Waals surface area contributed by atoms with Crippen molar-refractivity contribution in [1.29, 1.82) is 0 Å². The van der Waals surface area contributed by atoms with Crippen LogP contribution in [0.3, 0.4) is 0 Å². The van der Waals surface area contributed by atoms with Gasteiger partial charge in [0.25, 0.3) is 17.7 Å². The highest BCUT2D eigenvalue weighted by atomic mass is 35.5. The Morgan fingerprint density at radius 3 is 2.26 bits per heavy atom. The molecule has 7 nitrogen and oxygen atoms in total. The van der Waals surface area contributed by atoms with E-state index in [2.05, 4.69) is 17.4 Å². The number of benzene rings is 3. The second-order valence-electron chi connectivity index (χ2n) is 9.43. The summed E-state index contributed by atoms with van der Waals surface area (Å²) in [5.74, 6) is -1.21. The molecule has 38 heavy (non-hydrogen) atoms. The summed E-state index contributed by atoms with van der Waals surface area (Å²) >= 11 is 12.4. The van der Waals surface area contributed by atoms with Gasteiger partial charge in [-0.3, -0.25) is 14.4 Å². The smallest absolute Gasteiger partial charge is 0.283 e. The third kappa shape index (κ3) is 5.18. The first-order valence-electron chi connectivity index (χ1n) is 12.4. The summed E-state index contributed by atoms with van der Waals surface area (Å²) < 4.78 is 0. The molecule has 0 aliphatic carbocycles. The predicted octanol–water partition coefficient (Wildman–Crippen LogP) is 3.63. The Kier molecular flexibility index (Phi) is 7.51. The number of anilines is 2. The summed E-state index contributed by atoms with van der Waals surface area (Å²) in [4.78, 5) is 43.3. The average molecular weight is 550 g/mol. The summed E-state index contributed by atoms with van der Waals surface area (Å²) in [5.41, 5.74) is 3.37. The Morgan fingerprint density at radius 1 is 0.895 bits per heavy atom. The van der Waals surface area contributed by atoms with Gasteiger partial charge in [-0.2, -0.15) is 0 Å². The summed E-state index contributed by atoms with van der Waals surface area (Å²) in [7, 11) is 0. The lowest BCUT2D eigenvalue weighted by molar-refractivity contribution is -0.917. The number of carbonyl (C=O) groups is 3. The van der Waals surface area contributed by atoms with Crippen LogP contribution in [0.2, 0.25) is 5.02 Å². The van der Waals surface area contributed by atoms with Gasteiger partial charge >= 0.3 is 0 Å². The zero-order valence-corrected chi connectivity index (χ0v) is 22.4. The molecule has 0 spiro atoms. The van der Waals surface area contributed by atoms with Crippen molar-refractivity contribution in [1.82, 2.24) is 4.90 Å². The second-order valence-corrected chi connectivity index (χ2v) is 10.2. The number of carbonyl (C=O) groups excluding carboxylic acids is 3. The molecule has 2 aliphatic rings. The molecule has 5 rings (SSSR count). The van der Waals surface area contributed by atoms with Gasteiger partial charge in [0.1, 0.15) is 17.3 Å². The minimum atomic E-state index is -0.620. The Balaban J connectivity index is 1.21. The standard InChI is InChI=1S/C29H26Cl2N4O3/c1-19-23(30)8-5-9-24(19)35-28(37)25(31)26(29(35)38)32-22-12-10-21(11-13-22)27(36)34-16-14-33(15-17-34)18-20-6-3-2-4-7-20/h2-13,32H,14-18H2,1H3/p+1. The molecular formula is C29H27Cl2N4O3+. The van der Waals surface area contributed by atoms with Gasteiger partial charge in [0.15, 0.2) is 0 Å². The zero-order chi connectivity index (χ0) is 26.8. The van der Waals surface area contributed by atoms with Gasteiger partial charge in [-0.15, -0.1) is 0 Å². The van der Waals surface area contributed by atoms with Crippen LogP contribution in [0.1, 0.15) is 21.5 Å². The van der Waals surface area contributed by atoms with Crippen molar-refractivity contribution in [2.24, 2.45) is 0 Å². The molecule has 3 aromatic carbocycles. The van der Waals surface area contributed by atoms with Crippen molar-refractivity contribution in [2.75, 3.05) is 36.4 Å². The molecule has 2 heterocycles. The van der Waals surface area contributed by atoms with E-state index in [4.69, 9.17) is 23.2 Å². The molecule has 0 aromatic heterocycles. The fourth-order valence-electron chi connectivity index (χ4n) is 4.78. The lowest BCUT2D eigenvalue weighted by Crippen LogP contribution is -3.13. The van der Waals surface area contributed by atoms with Crippen molar-refractivity contribution in [2.45, 2.75) is 13.5 Å². The molecular weight excluding hydrogens is 523 g/mol. The van der Waals surface area contributed by atoms with Crippen molar-refractivity contribution < 1.29 is 19.3 Å². The van der Waals surface area contributed by atoms with Gasteiger partial charge in [0, 0.05) is 21.8 Å². The monoisotopic (exact) mass is 549 g/mol. The SMILES string of the molecule is Cc1c(Cl)cccc1N1C(=O)C(Cl)=C(Nc2ccc(C(=O)N3CC[NH+](Cc4ccccc4)CC3)cc2)C1=O. The van der Waals surface area contributed by atoms with Crippen molar-refractivity contribution in [3.05, 3.63) is 105 Å². The van der Waals surface area contributed by atoms with Crippen LogP contribution in [-0.2, 0) is 16.1 Å². The van der Waals surface area contributed by atoms with Crippen molar-refractivity contribution >= 4 is 52.3 Å². The molecule has 2 aliphatic heterocycles. The maximum Gasteiger partial charge on any atom is 0.283 e. The molecule has 1 fully saturated rings. The van der Waals surface area contributed by atoms with Crippen LogP contribution < -0.4 is 15.1 Å². The topological polar surface area (TPSA) is 74.2 Å². The van der Waals surface area contributed by atoms with E-state index < -0.39 is 11.8 Å². The first-order valence-corrected chi connectivity index (χ1v) is 13.2. The van der Waals surface area contributed by atoms with Crippen LogP contribution >= 0.6 is 23.2 Å². The highest BCUT2D eigenvalue weighted by molar-refractivity contribution is 6.53. The molecule has 0 bridgehead atoms. The maximum atomic E-state index is 13.1. The van der Waals surface area contributed by atoms with Gasteiger partial charge in [0.05, 0.1) is 31.9 Å². The average Bonchev–Trinajstić information content (AvgIpc) is 3.14. The summed E-state index contributed by atoms with van der Waals surface area (Å²) in [6.07, 6.45) is 0. The van der Waals surface area contributed by atoms with Crippen molar-refractivity contribution in [3.8, 4) is 0 Å². The van der Waals surface area contributed by atoms with Crippen LogP contribution in [0.15, 0.2) is 83.5 Å². The van der Waals surface area contributed by atoms with E-state index in [1.807, 2.05) is 23.1 Å². The largest absolute Gasteiger partial charge is 0.350 e. The fourth-order valence-corrected chi connectivity index (χ4v) is 5.16. The molecule has 9 heteroatoms. The van der Waals surface area contributed by atoms with E-state index in [9.17, 15) is 14.4 Å². The molecule has 194 valence electrons. The Labute approximate surface area is 231 Å². The number of piperazine rings is 1. The summed E-state index contributed by atoms with van der Waals surface area (Å²) in [6.45, 7) is 5.87. The van der Waals surface area contributed by atoms with Gasteiger partial charge < -0.3 is 15.1 Å². The lowest BCUT2D eigenvalue weighted by atomic mass is 10.1. The minimum Gasteiger partial charge on any atom is -0.350 e. The van der Waals surface area contributed by atoms with Crippen molar-refractivity contribution in [3.63, 3.8) is 0 Å². The Morgan fingerprint density at radius 2 is 1.58 bits per heavy atom. The molecule has 2 N–H and O–H groups in total. The third-order valence-electron chi connectivity index (χ3n) is 6.96. The quantitative estimate of drug-likeness (QED) is 0.460. The number of imide groups is 1. The Bertz CT molecular complexity index is 1420. The highest BCUT2D eigenvalue weighted by Gasteiger charge is 2.39. The van der Waals surface area contributed by atoms with Gasteiger partial charge in [-0.25, -0.2) is 4.90 Å². The lowest BCUT2D eigenvalue weighted by Gasteiger charge is -2.32. The van der Waals surface area contributed by atoms with Gasteiger partial charge in [-0.05, 0) is 48.9 Å². The second kappa shape index (κ2) is 11.0.